The fourth-order valence-corrected chi connectivity index (χ4v) is 2.98. The maximum Gasteiger partial charge on any atom is 0.310 e. The average Bonchev–Trinajstić information content (AvgIpc) is 2.54. The van der Waals surface area contributed by atoms with Gasteiger partial charge in [-0.05, 0) is 26.7 Å². The molecule has 1 aliphatic heterocycles. The Bertz CT molecular complexity index is 374. The van der Waals surface area contributed by atoms with Gasteiger partial charge in [0.15, 0.2) is 5.96 Å². The molecule has 1 saturated heterocycles. The Morgan fingerprint density at radius 3 is 3.05 bits per heavy atom. The smallest absolute Gasteiger partial charge is 0.310 e. The Hall–Kier alpha value is -1.17. The summed E-state index contributed by atoms with van der Waals surface area (Å²) in [7, 11) is 0. The van der Waals surface area contributed by atoms with E-state index in [-0.39, 0.29) is 11.9 Å². The number of carbonyl (C=O) groups is 1. The van der Waals surface area contributed by atoms with Crippen LogP contribution >= 0.6 is 11.8 Å². The largest absolute Gasteiger partial charge is 0.466 e. The van der Waals surface area contributed by atoms with E-state index in [1.54, 1.807) is 0 Å². The molecule has 1 N–H and O–H groups in total. The SMILES string of the molecule is C=CCSCCN=C(NCC)N1CCC[C@H](C(=O)OCC)C1. The number of esters is 1. The molecule has 0 aromatic heterocycles. The van der Waals surface area contributed by atoms with Gasteiger partial charge in [-0.25, -0.2) is 0 Å². The van der Waals surface area contributed by atoms with E-state index in [9.17, 15) is 4.79 Å². The lowest BCUT2D eigenvalue weighted by molar-refractivity contribution is -0.149. The van der Waals surface area contributed by atoms with Crippen LogP contribution < -0.4 is 5.32 Å². The minimum absolute atomic E-state index is 0.0345. The summed E-state index contributed by atoms with van der Waals surface area (Å²) in [5.41, 5.74) is 0. The van der Waals surface area contributed by atoms with Crippen LogP contribution in [0.4, 0.5) is 0 Å². The van der Waals surface area contributed by atoms with Crippen molar-refractivity contribution in [3.63, 3.8) is 0 Å². The molecule has 0 spiro atoms. The number of hydrogen-bond donors (Lipinski definition) is 1. The van der Waals surface area contributed by atoms with E-state index >= 15 is 0 Å². The van der Waals surface area contributed by atoms with Crippen LogP contribution in [-0.4, -0.2) is 61.1 Å². The zero-order valence-corrected chi connectivity index (χ0v) is 14.7. The number of piperidine rings is 1. The number of nitrogens with one attached hydrogen (secondary N) is 1. The summed E-state index contributed by atoms with van der Waals surface area (Å²) in [5, 5.41) is 3.33. The highest BCUT2D eigenvalue weighted by Crippen LogP contribution is 2.18. The van der Waals surface area contributed by atoms with E-state index in [1.165, 1.54) is 0 Å². The topological polar surface area (TPSA) is 53.9 Å². The number of likely N-dealkylation sites (tertiary alicyclic amines) is 1. The third-order valence-electron chi connectivity index (χ3n) is 3.41. The molecule has 0 amide bonds. The molecular formula is C16H29N3O2S. The van der Waals surface area contributed by atoms with Crippen molar-refractivity contribution in [2.45, 2.75) is 26.7 Å². The van der Waals surface area contributed by atoms with Gasteiger partial charge in [0, 0.05) is 31.1 Å². The van der Waals surface area contributed by atoms with Gasteiger partial charge >= 0.3 is 5.97 Å². The molecule has 1 atom stereocenters. The van der Waals surface area contributed by atoms with Gasteiger partial charge in [-0.1, -0.05) is 6.08 Å². The van der Waals surface area contributed by atoms with Gasteiger partial charge in [0.1, 0.15) is 0 Å². The van der Waals surface area contributed by atoms with E-state index in [4.69, 9.17) is 4.74 Å². The Labute approximate surface area is 138 Å². The molecule has 6 heteroatoms. The molecule has 22 heavy (non-hydrogen) atoms. The second-order valence-corrected chi connectivity index (χ2v) is 6.29. The number of aliphatic imine (C=N–C) groups is 1. The standard InChI is InChI=1S/C16H29N3O2S/c1-4-11-22-12-9-18-16(17-5-2)19-10-7-8-14(13-19)15(20)21-6-3/h4,14H,1,5-13H2,2-3H3,(H,17,18)/t14-/m0/s1. The van der Waals surface area contributed by atoms with Crippen LogP contribution in [0.3, 0.4) is 0 Å². The summed E-state index contributed by atoms with van der Waals surface area (Å²) in [6.07, 6.45) is 3.82. The Kier molecular flexibility index (Phi) is 9.79. The van der Waals surface area contributed by atoms with Crippen molar-refractivity contribution >= 4 is 23.7 Å². The van der Waals surface area contributed by atoms with Crippen molar-refractivity contribution in [1.82, 2.24) is 10.2 Å². The molecule has 1 rings (SSSR count). The van der Waals surface area contributed by atoms with Gasteiger partial charge in [0.2, 0.25) is 0 Å². The minimum Gasteiger partial charge on any atom is -0.466 e. The third kappa shape index (κ3) is 6.73. The predicted octanol–water partition coefficient (Wildman–Crippen LogP) is 2.15. The molecule has 0 aliphatic carbocycles. The lowest BCUT2D eigenvalue weighted by Gasteiger charge is -2.34. The van der Waals surface area contributed by atoms with E-state index in [2.05, 4.69) is 28.7 Å². The first-order chi connectivity index (χ1) is 10.7. The van der Waals surface area contributed by atoms with Crippen LogP contribution in [0.5, 0.6) is 0 Å². The van der Waals surface area contributed by atoms with E-state index in [0.29, 0.717) is 13.2 Å². The highest BCUT2D eigenvalue weighted by molar-refractivity contribution is 7.99. The number of hydrogen-bond acceptors (Lipinski definition) is 4. The van der Waals surface area contributed by atoms with Crippen LogP contribution in [0.15, 0.2) is 17.6 Å². The maximum atomic E-state index is 11.9. The van der Waals surface area contributed by atoms with Gasteiger partial charge in [0.05, 0.1) is 19.1 Å². The molecule has 0 unspecified atom stereocenters. The fourth-order valence-electron chi connectivity index (χ4n) is 2.43. The summed E-state index contributed by atoms with van der Waals surface area (Å²) >= 11 is 1.83. The van der Waals surface area contributed by atoms with Crippen molar-refractivity contribution in [3.8, 4) is 0 Å². The number of carbonyl (C=O) groups excluding carboxylic acids is 1. The molecule has 5 nitrogen and oxygen atoms in total. The van der Waals surface area contributed by atoms with Crippen molar-refractivity contribution in [2.24, 2.45) is 10.9 Å². The Morgan fingerprint density at radius 2 is 2.36 bits per heavy atom. The molecule has 1 aliphatic rings. The van der Waals surface area contributed by atoms with Crippen molar-refractivity contribution < 1.29 is 9.53 Å². The Morgan fingerprint density at radius 1 is 1.55 bits per heavy atom. The van der Waals surface area contributed by atoms with Crippen LogP contribution in [0.2, 0.25) is 0 Å². The number of thioether (sulfide) groups is 1. The van der Waals surface area contributed by atoms with Gasteiger partial charge in [0.25, 0.3) is 0 Å². The van der Waals surface area contributed by atoms with Gasteiger partial charge in [-0.15, -0.1) is 6.58 Å². The molecule has 0 bridgehead atoms. The molecule has 126 valence electrons. The number of ether oxygens (including phenoxy) is 1. The summed E-state index contributed by atoms with van der Waals surface area (Å²) in [6, 6.07) is 0. The first-order valence-electron chi connectivity index (χ1n) is 8.11. The fraction of sp³-hybridized carbons (Fsp3) is 0.750. The number of guanidine groups is 1. The van der Waals surface area contributed by atoms with Gasteiger partial charge in [-0.3, -0.25) is 9.79 Å². The quantitative estimate of drug-likeness (QED) is 0.243. The maximum absolute atomic E-state index is 11.9. The van der Waals surface area contributed by atoms with Crippen LogP contribution in [0.25, 0.3) is 0 Å². The normalized spacial score (nSPS) is 18.9. The molecule has 0 radical (unpaired) electrons. The third-order valence-corrected chi connectivity index (χ3v) is 4.35. The zero-order valence-electron chi connectivity index (χ0n) is 13.8. The molecule has 0 aromatic rings. The predicted molar refractivity (Wildman–Crippen MR) is 94.4 cm³/mol. The molecule has 1 heterocycles. The summed E-state index contributed by atoms with van der Waals surface area (Å²) in [6.45, 7) is 11.3. The molecule has 1 fully saturated rings. The van der Waals surface area contributed by atoms with Crippen molar-refractivity contribution in [3.05, 3.63) is 12.7 Å². The second-order valence-electron chi connectivity index (χ2n) is 5.14. The minimum atomic E-state index is -0.0791. The molecule has 0 saturated carbocycles. The zero-order chi connectivity index (χ0) is 16.2. The van der Waals surface area contributed by atoms with Crippen molar-refractivity contribution in [2.75, 3.05) is 44.3 Å². The summed E-state index contributed by atoms with van der Waals surface area (Å²) < 4.78 is 5.16. The van der Waals surface area contributed by atoms with Crippen LogP contribution in [0.1, 0.15) is 26.7 Å². The highest BCUT2D eigenvalue weighted by Gasteiger charge is 2.28. The highest BCUT2D eigenvalue weighted by atomic mass is 32.2. The average molecular weight is 327 g/mol. The second kappa shape index (κ2) is 11.4. The first kappa shape index (κ1) is 18.9. The van der Waals surface area contributed by atoms with Crippen molar-refractivity contribution in [1.29, 1.82) is 0 Å². The summed E-state index contributed by atoms with van der Waals surface area (Å²) in [5.74, 6) is 2.74. The number of nitrogens with zero attached hydrogens (tertiary/aromatic N) is 2. The molecular weight excluding hydrogens is 298 g/mol. The number of rotatable bonds is 8. The van der Waals surface area contributed by atoms with Gasteiger partial charge < -0.3 is 15.0 Å². The van der Waals surface area contributed by atoms with Crippen LogP contribution in [-0.2, 0) is 9.53 Å². The first-order valence-corrected chi connectivity index (χ1v) is 9.26. The molecule has 0 aromatic carbocycles. The Balaban J connectivity index is 2.55. The van der Waals surface area contributed by atoms with Gasteiger partial charge in [-0.2, -0.15) is 11.8 Å². The monoisotopic (exact) mass is 327 g/mol. The van der Waals surface area contributed by atoms with E-state index in [0.717, 1.165) is 49.9 Å². The van der Waals surface area contributed by atoms with Crippen LogP contribution in [0, 0.1) is 5.92 Å². The lowest BCUT2D eigenvalue weighted by Crippen LogP contribution is -2.48. The van der Waals surface area contributed by atoms with E-state index < -0.39 is 0 Å². The summed E-state index contributed by atoms with van der Waals surface area (Å²) in [4.78, 5) is 18.8. The lowest BCUT2D eigenvalue weighted by atomic mass is 9.98. The van der Waals surface area contributed by atoms with E-state index in [1.807, 2.05) is 24.8 Å².